The molecule has 106 valence electrons. The van der Waals surface area contributed by atoms with Gasteiger partial charge in [-0.15, -0.1) is 0 Å². The Labute approximate surface area is 129 Å². The van der Waals surface area contributed by atoms with Gasteiger partial charge in [-0.25, -0.2) is 4.98 Å². The second kappa shape index (κ2) is 5.04. The van der Waals surface area contributed by atoms with Crippen molar-refractivity contribution >= 4 is 27.5 Å². The number of benzene rings is 1. The van der Waals surface area contributed by atoms with E-state index in [0.717, 1.165) is 0 Å². The first-order valence-corrected chi connectivity index (χ1v) is 7.22. The van der Waals surface area contributed by atoms with Crippen LogP contribution in [0, 0.1) is 0 Å². The van der Waals surface area contributed by atoms with E-state index in [-0.39, 0.29) is 23.3 Å². The summed E-state index contributed by atoms with van der Waals surface area (Å²) in [6, 6.07) is 8.43. The number of alkyl halides is 1. The molecule has 0 amide bonds. The van der Waals surface area contributed by atoms with E-state index in [9.17, 15) is 9.59 Å². The van der Waals surface area contributed by atoms with Crippen LogP contribution < -0.4 is 4.74 Å². The van der Waals surface area contributed by atoms with E-state index in [1.54, 1.807) is 30.3 Å². The second-order valence-corrected chi connectivity index (χ2v) is 5.71. The van der Waals surface area contributed by atoms with Crippen molar-refractivity contribution in [2.45, 2.75) is 11.2 Å². The van der Waals surface area contributed by atoms with Crippen LogP contribution in [0.15, 0.2) is 36.5 Å². The summed E-state index contributed by atoms with van der Waals surface area (Å²) in [5.74, 6) is -0.631. The van der Waals surface area contributed by atoms with Crippen molar-refractivity contribution in [3.8, 4) is 6.01 Å². The first-order valence-electron chi connectivity index (χ1n) is 6.43. The summed E-state index contributed by atoms with van der Waals surface area (Å²) < 4.78 is 3.74. The van der Waals surface area contributed by atoms with Crippen molar-refractivity contribution in [2.75, 3.05) is 6.61 Å². The number of fused-ring (bicyclic) bond motifs is 1. The molecule has 0 saturated heterocycles. The quantitative estimate of drug-likeness (QED) is 0.630. The van der Waals surface area contributed by atoms with Crippen LogP contribution in [0.25, 0.3) is 0 Å². The highest BCUT2D eigenvalue weighted by Crippen LogP contribution is 2.43. The number of nitrogens with zero attached hydrogens (tertiary/aromatic N) is 2. The summed E-state index contributed by atoms with van der Waals surface area (Å²) >= 11 is 3.31. The van der Waals surface area contributed by atoms with Gasteiger partial charge in [0.05, 0.1) is 12.3 Å². The zero-order valence-electron chi connectivity index (χ0n) is 11.2. The molecule has 1 aromatic carbocycles. The number of aromatic nitrogens is 2. The van der Waals surface area contributed by atoms with Crippen LogP contribution in [0.4, 0.5) is 0 Å². The highest BCUT2D eigenvalue weighted by molar-refractivity contribution is 9.10. The molecule has 21 heavy (non-hydrogen) atoms. The Morgan fingerprint density at radius 2 is 1.76 bits per heavy atom. The Morgan fingerprint density at radius 3 is 2.33 bits per heavy atom. The average molecular weight is 347 g/mol. The highest BCUT2D eigenvalue weighted by atomic mass is 79.9. The SMILES string of the molecule is CCOc1nccc(C2(Br)C(=O)c3ccccc3C2=O)n1. The molecule has 5 nitrogen and oxygen atoms in total. The molecule has 0 aliphatic heterocycles. The Kier molecular flexibility index (Phi) is 3.33. The minimum atomic E-state index is -1.49. The van der Waals surface area contributed by atoms with E-state index < -0.39 is 4.32 Å². The molecule has 0 fully saturated rings. The largest absolute Gasteiger partial charge is 0.464 e. The Balaban J connectivity index is 2.12. The summed E-state index contributed by atoms with van der Waals surface area (Å²) in [5.41, 5.74) is 1.08. The molecule has 6 heteroatoms. The van der Waals surface area contributed by atoms with Crippen molar-refractivity contribution in [1.82, 2.24) is 9.97 Å². The van der Waals surface area contributed by atoms with Gasteiger partial charge in [0.2, 0.25) is 0 Å². The van der Waals surface area contributed by atoms with E-state index in [0.29, 0.717) is 17.7 Å². The van der Waals surface area contributed by atoms with Gasteiger partial charge in [0.1, 0.15) is 0 Å². The van der Waals surface area contributed by atoms with Gasteiger partial charge in [-0.05, 0) is 13.0 Å². The van der Waals surface area contributed by atoms with Crippen molar-refractivity contribution in [1.29, 1.82) is 0 Å². The number of hydrogen-bond acceptors (Lipinski definition) is 5. The monoisotopic (exact) mass is 346 g/mol. The third-order valence-corrected chi connectivity index (χ3v) is 4.43. The van der Waals surface area contributed by atoms with Crippen LogP contribution in [-0.2, 0) is 4.32 Å². The van der Waals surface area contributed by atoms with E-state index in [1.165, 1.54) is 6.20 Å². The van der Waals surface area contributed by atoms with Gasteiger partial charge in [-0.3, -0.25) is 9.59 Å². The molecule has 0 unspecified atom stereocenters. The number of hydrogen-bond donors (Lipinski definition) is 0. The lowest BCUT2D eigenvalue weighted by Gasteiger charge is -2.17. The molecule has 1 aliphatic carbocycles. The molecule has 1 aliphatic rings. The van der Waals surface area contributed by atoms with Crippen LogP contribution in [-0.4, -0.2) is 28.1 Å². The zero-order valence-corrected chi connectivity index (χ0v) is 12.8. The van der Waals surface area contributed by atoms with Crippen LogP contribution in [0.3, 0.4) is 0 Å². The summed E-state index contributed by atoms with van der Waals surface area (Å²) in [7, 11) is 0. The predicted octanol–water partition coefficient (Wildman–Crippen LogP) is 2.54. The van der Waals surface area contributed by atoms with Gasteiger partial charge in [-0.2, -0.15) is 4.98 Å². The van der Waals surface area contributed by atoms with Crippen molar-refractivity contribution < 1.29 is 14.3 Å². The first kappa shape index (κ1) is 13.9. The topological polar surface area (TPSA) is 69.2 Å². The summed E-state index contributed by atoms with van der Waals surface area (Å²) in [4.78, 5) is 33.4. The fourth-order valence-electron chi connectivity index (χ4n) is 2.32. The molecular weight excluding hydrogens is 336 g/mol. The molecule has 0 radical (unpaired) electrons. The maximum absolute atomic E-state index is 12.6. The summed E-state index contributed by atoms with van der Waals surface area (Å²) in [6.07, 6.45) is 1.47. The number of Topliss-reactive ketones (excluding diaryl/α,β-unsaturated/α-hetero) is 2. The van der Waals surface area contributed by atoms with E-state index in [4.69, 9.17) is 4.74 Å². The summed E-state index contributed by atoms with van der Waals surface area (Å²) in [6.45, 7) is 2.21. The van der Waals surface area contributed by atoms with Gasteiger partial charge >= 0.3 is 6.01 Å². The first-order chi connectivity index (χ1) is 10.1. The Hall–Kier alpha value is -2.08. The van der Waals surface area contributed by atoms with Crippen LogP contribution in [0.1, 0.15) is 33.3 Å². The maximum atomic E-state index is 12.6. The van der Waals surface area contributed by atoms with Crippen LogP contribution in [0.5, 0.6) is 6.01 Å². The smallest absolute Gasteiger partial charge is 0.316 e. The standard InChI is InChI=1S/C15H11BrN2O3/c1-2-21-14-17-8-7-11(18-14)15(16)12(19)9-5-3-4-6-10(9)13(15)20/h3-8H,2H2,1H3. The molecule has 0 N–H and O–H groups in total. The van der Waals surface area contributed by atoms with Gasteiger partial charge in [-0.1, -0.05) is 40.2 Å². The van der Waals surface area contributed by atoms with Crippen molar-refractivity contribution in [2.24, 2.45) is 0 Å². The predicted molar refractivity (Wildman–Crippen MR) is 78.9 cm³/mol. The molecule has 2 aromatic rings. The minimum absolute atomic E-state index is 0.144. The van der Waals surface area contributed by atoms with Crippen LogP contribution >= 0.6 is 15.9 Å². The Bertz CT molecular complexity index is 710. The van der Waals surface area contributed by atoms with Gasteiger partial charge in [0.25, 0.3) is 0 Å². The number of carbonyl (C=O) groups excluding carboxylic acids is 2. The van der Waals surface area contributed by atoms with E-state index >= 15 is 0 Å². The molecular formula is C15H11BrN2O3. The fourth-order valence-corrected chi connectivity index (χ4v) is 2.97. The highest BCUT2D eigenvalue weighted by Gasteiger charge is 2.53. The van der Waals surface area contributed by atoms with Gasteiger partial charge < -0.3 is 4.74 Å². The second-order valence-electron chi connectivity index (χ2n) is 4.52. The maximum Gasteiger partial charge on any atom is 0.316 e. The molecule has 0 bridgehead atoms. The number of ketones is 2. The minimum Gasteiger partial charge on any atom is -0.464 e. The normalized spacial score (nSPS) is 15.9. The fraction of sp³-hybridized carbons (Fsp3) is 0.200. The summed E-state index contributed by atoms with van der Waals surface area (Å²) in [5, 5.41) is 0. The lowest BCUT2D eigenvalue weighted by atomic mass is 9.99. The molecule has 3 rings (SSSR count). The lowest BCUT2D eigenvalue weighted by molar-refractivity contribution is 0.0868. The zero-order chi connectivity index (χ0) is 15.0. The number of carbonyl (C=O) groups is 2. The molecule has 0 atom stereocenters. The van der Waals surface area contributed by atoms with E-state index in [2.05, 4.69) is 25.9 Å². The molecule has 0 saturated carbocycles. The third-order valence-electron chi connectivity index (χ3n) is 3.30. The molecule has 0 spiro atoms. The van der Waals surface area contributed by atoms with Crippen LogP contribution in [0.2, 0.25) is 0 Å². The lowest BCUT2D eigenvalue weighted by Crippen LogP contribution is -2.32. The number of rotatable bonds is 3. The number of halogens is 1. The average Bonchev–Trinajstić information content (AvgIpc) is 2.71. The Morgan fingerprint density at radius 1 is 1.14 bits per heavy atom. The van der Waals surface area contributed by atoms with Gasteiger partial charge in [0, 0.05) is 17.3 Å². The third kappa shape index (κ3) is 1.98. The van der Waals surface area contributed by atoms with Crippen molar-refractivity contribution in [3.63, 3.8) is 0 Å². The molecule has 1 heterocycles. The molecule has 1 aromatic heterocycles. The van der Waals surface area contributed by atoms with Crippen molar-refractivity contribution in [3.05, 3.63) is 53.3 Å². The van der Waals surface area contributed by atoms with Gasteiger partial charge in [0.15, 0.2) is 15.9 Å². The number of ether oxygens (including phenoxy) is 1. The van der Waals surface area contributed by atoms with E-state index in [1.807, 2.05) is 6.92 Å².